The Balaban J connectivity index is 2.08. The summed E-state index contributed by atoms with van der Waals surface area (Å²) in [4.78, 5) is 12.2. The van der Waals surface area contributed by atoms with Gasteiger partial charge < -0.3 is 20.1 Å². The number of methoxy groups -OCH3 is 1. The number of ether oxygens (including phenoxy) is 1. The van der Waals surface area contributed by atoms with Crippen molar-refractivity contribution in [3.05, 3.63) is 34.5 Å². The molecule has 2 N–H and O–H groups in total. The SMILES string of the molecule is COC1NC(C2=CCN(C(=O)O)CC2)=CC=C1Cl. The second kappa shape index (κ2) is 5.46. The van der Waals surface area contributed by atoms with Gasteiger partial charge in [0.05, 0.1) is 5.03 Å². The predicted octanol–water partition coefficient (Wildman–Crippen LogP) is 1.88. The third kappa shape index (κ3) is 2.68. The third-order valence-electron chi connectivity index (χ3n) is 3.01. The molecule has 0 aromatic heterocycles. The number of nitrogens with zero attached hydrogens (tertiary/aromatic N) is 1. The highest BCUT2D eigenvalue weighted by Crippen LogP contribution is 2.23. The number of rotatable bonds is 2. The minimum atomic E-state index is -0.881. The molecule has 0 radical (unpaired) electrons. The molecule has 1 amide bonds. The molecule has 2 rings (SSSR count). The Kier molecular flexibility index (Phi) is 3.93. The first kappa shape index (κ1) is 13.0. The van der Waals surface area contributed by atoms with E-state index in [9.17, 15) is 4.79 Å². The summed E-state index contributed by atoms with van der Waals surface area (Å²) in [6.07, 6.45) is 5.08. The third-order valence-corrected chi connectivity index (χ3v) is 3.33. The molecular weight excluding hydrogens is 256 g/mol. The van der Waals surface area contributed by atoms with Crippen LogP contribution in [0.4, 0.5) is 4.79 Å². The van der Waals surface area contributed by atoms with Crippen LogP contribution < -0.4 is 5.32 Å². The quantitative estimate of drug-likeness (QED) is 0.804. The van der Waals surface area contributed by atoms with E-state index in [1.54, 1.807) is 13.2 Å². The van der Waals surface area contributed by atoms with Crippen molar-refractivity contribution in [3.8, 4) is 0 Å². The topological polar surface area (TPSA) is 61.8 Å². The van der Waals surface area contributed by atoms with Gasteiger partial charge in [-0.1, -0.05) is 17.7 Å². The molecule has 0 saturated carbocycles. The van der Waals surface area contributed by atoms with E-state index in [0.29, 0.717) is 24.5 Å². The van der Waals surface area contributed by atoms with Crippen LogP contribution in [0.15, 0.2) is 34.5 Å². The maximum Gasteiger partial charge on any atom is 0.407 e. The van der Waals surface area contributed by atoms with Crippen LogP contribution in [0.2, 0.25) is 0 Å². The molecule has 0 aliphatic carbocycles. The van der Waals surface area contributed by atoms with Gasteiger partial charge in [0.1, 0.15) is 0 Å². The summed E-state index contributed by atoms with van der Waals surface area (Å²) >= 11 is 5.98. The molecule has 0 spiro atoms. The first-order valence-corrected chi connectivity index (χ1v) is 6.03. The monoisotopic (exact) mass is 270 g/mol. The minimum Gasteiger partial charge on any atom is -0.465 e. The largest absolute Gasteiger partial charge is 0.465 e. The Morgan fingerprint density at radius 3 is 2.94 bits per heavy atom. The van der Waals surface area contributed by atoms with E-state index >= 15 is 0 Å². The molecule has 2 aliphatic rings. The molecule has 18 heavy (non-hydrogen) atoms. The van der Waals surface area contributed by atoms with Crippen LogP contribution in [0.3, 0.4) is 0 Å². The lowest BCUT2D eigenvalue weighted by atomic mass is 10.0. The Hall–Kier alpha value is -1.46. The van der Waals surface area contributed by atoms with Gasteiger partial charge in [0.15, 0.2) is 6.23 Å². The molecular formula is C12H15ClN2O3. The van der Waals surface area contributed by atoms with E-state index in [-0.39, 0.29) is 6.23 Å². The zero-order valence-corrected chi connectivity index (χ0v) is 10.8. The fourth-order valence-corrected chi connectivity index (χ4v) is 2.17. The lowest BCUT2D eigenvalue weighted by Gasteiger charge is -2.28. The molecule has 2 aliphatic heterocycles. The van der Waals surface area contributed by atoms with E-state index in [2.05, 4.69) is 5.32 Å². The Bertz CT molecular complexity index is 443. The number of carbonyl (C=O) groups is 1. The fraction of sp³-hybridized carbons (Fsp3) is 0.417. The molecule has 0 bridgehead atoms. The van der Waals surface area contributed by atoms with Crippen molar-refractivity contribution in [2.75, 3.05) is 20.2 Å². The van der Waals surface area contributed by atoms with Gasteiger partial charge in [-0.15, -0.1) is 0 Å². The zero-order valence-electron chi connectivity index (χ0n) is 10.0. The van der Waals surface area contributed by atoms with E-state index in [1.807, 2.05) is 12.2 Å². The van der Waals surface area contributed by atoms with E-state index in [1.165, 1.54) is 4.90 Å². The number of dihydropyridines is 1. The van der Waals surface area contributed by atoms with Gasteiger partial charge in [-0.25, -0.2) is 4.79 Å². The summed E-state index contributed by atoms with van der Waals surface area (Å²) in [5.41, 5.74) is 2.03. The van der Waals surface area contributed by atoms with Crippen molar-refractivity contribution in [3.63, 3.8) is 0 Å². The Labute approximate surface area is 110 Å². The highest BCUT2D eigenvalue weighted by atomic mass is 35.5. The van der Waals surface area contributed by atoms with Gasteiger partial charge in [-0.2, -0.15) is 0 Å². The van der Waals surface area contributed by atoms with Crippen LogP contribution in [-0.2, 0) is 4.74 Å². The van der Waals surface area contributed by atoms with Crippen molar-refractivity contribution in [1.82, 2.24) is 10.2 Å². The van der Waals surface area contributed by atoms with Gasteiger partial charge in [-0.3, -0.25) is 0 Å². The molecule has 0 saturated heterocycles. The summed E-state index contributed by atoms with van der Waals surface area (Å²) in [5, 5.41) is 12.6. The maximum absolute atomic E-state index is 10.8. The summed E-state index contributed by atoms with van der Waals surface area (Å²) < 4.78 is 5.20. The van der Waals surface area contributed by atoms with Gasteiger partial charge in [-0.05, 0) is 24.1 Å². The van der Waals surface area contributed by atoms with E-state index in [0.717, 1.165) is 11.3 Å². The van der Waals surface area contributed by atoms with Crippen LogP contribution in [0.25, 0.3) is 0 Å². The number of nitrogens with one attached hydrogen (secondary N) is 1. The lowest BCUT2D eigenvalue weighted by Crippen LogP contribution is -2.37. The van der Waals surface area contributed by atoms with Crippen LogP contribution in [-0.4, -0.2) is 42.5 Å². The molecule has 2 heterocycles. The van der Waals surface area contributed by atoms with Crippen LogP contribution in [0.5, 0.6) is 0 Å². The van der Waals surface area contributed by atoms with Crippen LogP contribution in [0.1, 0.15) is 6.42 Å². The standard InChI is InChI=1S/C12H15ClN2O3/c1-18-11-9(13)2-3-10(14-11)8-4-6-15(7-5-8)12(16)17/h2-4,11,14H,5-7H2,1H3,(H,16,17). The first-order valence-electron chi connectivity index (χ1n) is 5.66. The number of hydrogen-bond acceptors (Lipinski definition) is 3. The predicted molar refractivity (Wildman–Crippen MR) is 68.2 cm³/mol. The number of carboxylic acid groups (broad SMARTS) is 1. The van der Waals surface area contributed by atoms with Gasteiger partial charge >= 0.3 is 6.09 Å². The highest BCUT2D eigenvalue weighted by Gasteiger charge is 2.22. The van der Waals surface area contributed by atoms with E-state index < -0.39 is 6.09 Å². The first-order chi connectivity index (χ1) is 8.61. The van der Waals surface area contributed by atoms with Crippen molar-refractivity contribution >= 4 is 17.7 Å². The summed E-state index contributed by atoms with van der Waals surface area (Å²) in [6.45, 7) is 0.925. The second-order valence-corrected chi connectivity index (χ2v) is 4.54. The Morgan fingerprint density at radius 2 is 2.39 bits per heavy atom. The van der Waals surface area contributed by atoms with Gasteiger partial charge in [0.25, 0.3) is 0 Å². The summed E-state index contributed by atoms with van der Waals surface area (Å²) in [6, 6.07) is 0. The van der Waals surface area contributed by atoms with Gasteiger partial charge in [0, 0.05) is 25.9 Å². The highest BCUT2D eigenvalue weighted by molar-refractivity contribution is 6.30. The van der Waals surface area contributed by atoms with Crippen molar-refractivity contribution in [2.24, 2.45) is 0 Å². The van der Waals surface area contributed by atoms with Crippen LogP contribution in [0, 0.1) is 0 Å². The zero-order chi connectivity index (χ0) is 13.1. The fourth-order valence-electron chi connectivity index (χ4n) is 1.97. The summed E-state index contributed by atoms with van der Waals surface area (Å²) in [7, 11) is 1.58. The number of hydrogen-bond donors (Lipinski definition) is 2. The maximum atomic E-state index is 10.8. The molecule has 0 aromatic rings. The second-order valence-electron chi connectivity index (χ2n) is 4.10. The number of allylic oxidation sites excluding steroid dienone is 3. The lowest BCUT2D eigenvalue weighted by molar-refractivity contribution is 0.116. The molecule has 1 unspecified atom stereocenters. The molecule has 0 fully saturated rings. The molecule has 98 valence electrons. The average molecular weight is 271 g/mol. The summed E-state index contributed by atoms with van der Waals surface area (Å²) in [5.74, 6) is 0. The molecule has 1 atom stereocenters. The normalized spacial score (nSPS) is 23.8. The van der Waals surface area contributed by atoms with Crippen molar-refractivity contribution < 1.29 is 14.6 Å². The molecule has 5 nitrogen and oxygen atoms in total. The Morgan fingerprint density at radius 1 is 1.61 bits per heavy atom. The van der Waals surface area contributed by atoms with E-state index in [4.69, 9.17) is 21.4 Å². The van der Waals surface area contributed by atoms with Crippen molar-refractivity contribution in [2.45, 2.75) is 12.6 Å². The van der Waals surface area contributed by atoms with Crippen LogP contribution >= 0.6 is 11.6 Å². The van der Waals surface area contributed by atoms with Gasteiger partial charge in [0.2, 0.25) is 0 Å². The minimum absolute atomic E-state index is 0.329. The average Bonchev–Trinajstić information content (AvgIpc) is 2.39. The smallest absolute Gasteiger partial charge is 0.407 e. The molecule has 0 aromatic carbocycles. The number of amides is 1. The van der Waals surface area contributed by atoms with Crippen molar-refractivity contribution in [1.29, 1.82) is 0 Å². The molecule has 6 heteroatoms. The number of halogens is 1.